The summed E-state index contributed by atoms with van der Waals surface area (Å²) in [6.45, 7) is 6.93. The second-order valence-corrected chi connectivity index (χ2v) is 0.316. The Balaban J connectivity index is -0.0000000105. The Morgan fingerprint density at radius 1 is 1.43 bits per heavy atom. The van der Waals surface area contributed by atoms with Gasteiger partial charge in [0.1, 0.15) is 0 Å². The molecule has 0 amide bonds. The number of hydrogen-bond donors (Lipinski definition) is 1. The predicted molar refractivity (Wildman–Crippen MR) is 30.5 cm³/mol. The molecule has 0 aromatic carbocycles. The average molecular weight is 180 g/mol. The van der Waals surface area contributed by atoms with E-state index in [0.717, 1.165) is 0 Å². The van der Waals surface area contributed by atoms with E-state index in [1.807, 2.05) is 0 Å². The molecule has 0 aromatic heterocycles. The molecule has 0 aromatic rings. The number of aliphatic hydroxyl groups is 1. The summed E-state index contributed by atoms with van der Waals surface area (Å²) in [5.41, 5.74) is 0. The van der Waals surface area contributed by atoms with Crippen LogP contribution in [0.25, 0.3) is 0 Å². The zero-order valence-corrected chi connectivity index (χ0v) is 7.28. The Labute approximate surface area is 72.4 Å². The molecule has 45 valence electrons. The fraction of sp³-hybridized carbons (Fsp3) is 0.800. The minimum Gasteiger partial charge on any atom is -0.397 e. The molecule has 2 heteroatoms. The van der Waals surface area contributed by atoms with E-state index in [1.165, 1.54) is 0 Å². The molecule has 1 nitrogen and oxygen atoms in total. The first-order valence-electron chi connectivity index (χ1n) is 1.73. The van der Waals surface area contributed by atoms with Gasteiger partial charge in [0, 0.05) is 39.3 Å². The Morgan fingerprint density at radius 3 is 1.43 bits per heavy atom. The van der Waals surface area contributed by atoms with Crippen LogP contribution in [-0.2, 0) is 32.7 Å². The van der Waals surface area contributed by atoms with E-state index in [-0.39, 0.29) is 46.7 Å². The summed E-state index contributed by atoms with van der Waals surface area (Å²) >= 11 is 0. The largest absolute Gasteiger partial charge is 0.397 e. The normalized spacial score (nSPS) is 3.43. The van der Waals surface area contributed by atoms with Crippen molar-refractivity contribution in [3.05, 3.63) is 6.92 Å². The summed E-state index contributed by atoms with van der Waals surface area (Å²) in [6, 6.07) is 0. The van der Waals surface area contributed by atoms with Gasteiger partial charge in [-0.2, -0.15) is 6.92 Å². The summed E-state index contributed by atoms with van der Waals surface area (Å²) in [5, 5.41) is 7.57. The van der Waals surface area contributed by atoms with Crippen LogP contribution in [0, 0.1) is 6.92 Å². The summed E-state index contributed by atoms with van der Waals surface area (Å²) in [4.78, 5) is 0. The standard InChI is InChI=1S/C2H6O.C2H5.CH4.Y/c1-2-3;1-2;;/h3H,2H2,1H3;1H2,2H3;1H4;/q;-1;;. The van der Waals surface area contributed by atoms with Crippen LogP contribution in [-0.4, -0.2) is 11.7 Å². The van der Waals surface area contributed by atoms with Crippen LogP contribution < -0.4 is 0 Å². The Bertz CT molecular complexity index is 8.04. The molecule has 0 saturated heterocycles. The topological polar surface area (TPSA) is 20.2 Å². The molecule has 0 unspecified atom stereocenters. The molecule has 0 spiro atoms. The van der Waals surface area contributed by atoms with E-state index in [4.69, 9.17) is 5.11 Å². The maximum Gasteiger partial charge on any atom is 0.0402 e. The van der Waals surface area contributed by atoms with E-state index < -0.39 is 0 Å². The number of hydrogen-bond acceptors (Lipinski definition) is 1. The zero-order chi connectivity index (χ0) is 4.71. The van der Waals surface area contributed by atoms with Gasteiger partial charge in [-0.25, -0.2) is 0 Å². The Kier molecular flexibility index (Phi) is 212. The summed E-state index contributed by atoms with van der Waals surface area (Å²) in [5.74, 6) is 0. The van der Waals surface area contributed by atoms with E-state index in [2.05, 4.69) is 6.92 Å². The van der Waals surface area contributed by atoms with E-state index in [1.54, 1.807) is 13.8 Å². The number of rotatable bonds is 0. The van der Waals surface area contributed by atoms with Gasteiger partial charge in [0.05, 0.1) is 0 Å². The third kappa shape index (κ3) is 160. The molecule has 0 bridgehead atoms. The van der Waals surface area contributed by atoms with Crippen molar-refractivity contribution < 1.29 is 37.8 Å². The fourth-order valence-corrected chi connectivity index (χ4v) is 0. The molecule has 1 radical (unpaired) electrons. The molecular weight excluding hydrogens is 165 g/mol. The van der Waals surface area contributed by atoms with Crippen molar-refractivity contribution in [2.75, 3.05) is 6.61 Å². The van der Waals surface area contributed by atoms with E-state index in [9.17, 15) is 0 Å². The Hall–Kier alpha value is 1.06. The van der Waals surface area contributed by atoms with Crippen molar-refractivity contribution in [3.8, 4) is 0 Å². The minimum atomic E-state index is 0. The molecule has 0 heterocycles. The third-order valence-electron chi connectivity index (χ3n) is 0. The minimum absolute atomic E-state index is 0. The van der Waals surface area contributed by atoms with Crippen molar-refractivity contribution in [2.45, 2.75) is 21.3 Å². The smallest absolute Gasteiger partial charge is 0.0402 e. The molecule has 7 heavy (non-hydrogen) atoms. The van der Waals surface area contributed by atoms with Crippen LogP contribution in [0.1, 0.15) is 21.3 Å². The van der Waals surface area contributed by atoms with Gasteiger partial charge >= 0.3 is 0 Å². The van der Waals surface area contributed by atoms with Crippen LogP contribution in [0.4, 0.5) is 0 Å². The maximum absolute atomic E-state index is 7.57. The van der Waals surface area contributed by atoms with Crippen molar-refractivity contribution in [3.63, 3.8) is 0 Å². The number of aliphatic hydroxyl groups excluding tert-OH is 1. The van der Waals surface area contributed by atoms with Gasteiger partial charge in [-0.15, -0.1) is 0 Å². The molecule has 1 N–H and O–H groups in total. The van der Waals surface area contributed by atoms with Crippen molar-refractivity contribution in [1.29, 1.82) is 0 Å². The van der Waals surface area contributed by atoms with Gasteiger partial charge in [0.15, 0.2) is 0 Å². The van der Waals surface area contributed by atoms with Gasteiger partial charge in [0.2, 0.25) is 0 Å². The van der Waals surface area contributed by atoms with Gasteiger partial charge < -0.3 is 12.0 Å². The van der Waals surface area contributed by atoms with Crippen molar-refractivity contribution in [2.24, 2.45) is 0 Å². The SMILES string of the molecule is C.CCO.[CH2-]C.[Y]. The molecule has 0 fully saturated rings. The zero-order valence-electron chi connectivity index (χ0n) is 4.44. The molecule has 0 aliphatic carbocycles. The monoisotopic (exact) mass is 180 g/mol. The van der Waals surface area contributed by atoms with Crippen molar-refractivity contribution in [1.82, 2.24) is 0 Å². The first kappa shape index (κ1) is 24.4. The van der Waals surface area contributed by atoms with Gasteiger partial charge in [-0.3, -0.25) is 0 Å². The Morgan fingerprint density at radius 2 is 1.43 bits per heavy atom. The maximum atomic E-state index is 7.57. The molecular formula is C5H15OY-. The van der Waals surface area contributed by atoms with Crippen LogP contribution in [0.2, 0.25) is 0 Å². The molecule has 0 saturated carbocycles. The fourth-order valence-electron chi connectivity index (χ4n) is 0. The van der Waals surface area contributed by atoms with Crippen LogP contribution in [0.15, 0.2) is 0 Å². The van der Waals surface area contributed by atoms with Crippen molar-refractivity contribution >= 4 is 0 Å². The average Bonchev–Trinajstić information content (AvgIpc) is 1.46. The predicted octanol–water partition coefficient (Wildman–Crippen LogP) is 1.47. The van der Waals surface area contributed by atoms with E-state index in [0.29, 0.717) is 0 Å². The van der Waals surface area contributed by atoms with Gasteiger partial charge in [0.25, 0.3) is 0 Å². The second-order valence-electron chi connectivity index (χ2n) is 0.316. The third-order valence-corrected chi connectivity index (χ3v) is 0. The van der Waals surface area contributed by atoms with Crippen LogP contribution >= 0.6 is 0 Å². The first-order chi connectivity index (χ1) is 2.41. The molecule has 0 atom stereocenters. The summed E-state index contributed by atoms with van der Waals surface area (Å²) in [6.07, 6.45) is 0. The molecule has 0 aliphatic rings. The van der Waals surface area contributed by atoms with Crippen LogP contribution in [0.3, 0.4) is 0 Å². The van der Waals surface area contributed by atoms with Crippen LogP contribution in [0.5, 0.6) is 0 Å². The molecule has 0 aliphatic heterocycles. The summed E-state index contributed by atoms with van der Waals surface area (Å²) < 4.78 is 0. The first-order valence-corrected chi connectivity index (χ1v) is 1.73. The molecule has 0 rings (SSSR count). The van der Waals surface area contributed by atoms with Gasteiger partial charge in [-0.1, -0.05) is 7.43 Å². The summed E-state index contributed by atoms with van der Waals surface area (Å²) in [7, 11) is 0. The quantitative estimate of drug-likeness (QED) is 0.559. The van der Waals surface area contributed by atoms with E-state index >= 15 is 0 Å². The van der Waals surface area contributed by atoms with Gasteiger partial charge in [-0.05, 0) is 6.92 Å². The second kappa shape index (κ2) is 61.0.